The predicted molar refractivity (Wildman–Crippen MR) is 124 cm³/mol. The monoisotopic (exact) mass is 422 g/mol. The first-order valence-electron chi connectivity index (χ1n) is 11.2. The van der Waals surface area contributed by atoms with E-state index in [1.807, 2.05) is 49.9 Å². The van der Waals surface area contributed by atoms with Gasteiger partial charge in [0.05, 0.1) is 12.5 Å². The Labute approximate surface area is 185 Å². The fraction of sp³-hybridized carbons (Fsp3) is 0.462. The number of methoxy groups -OCH3 is 1. The van der Waals surface area contributed by atoms with Gasteiger partial charge in [0.2, 0.25) is 11.8 Å². The molecule has 1 aliphatic rings. The lowest BCUT2D eigenvalue weighted by Crippen LogP contribution is -2.55. The quantitative estimate of drug-likeness (QED) is 0.724. The number of amides is 2. The van der Waals surface area contributed by atoms with Crippen molar-refractivity contribution in [3.8, 4) is 16.9 Å². The van der Waals surface area contributed by atoms with Gasteiger partial charge in [-0.05, 0) is 55.0 Å². The third kappa shape index (κ3) is 5.27. The molecule has 31 heavy (non-hydrogen) atoms. The molecule has 166 valence electrons. The highest BCUT2D eigenvalue weighted by molar-refractivity contribution is 5.85. The summed E-state index contributed by atoms with van der Waals surface area (Å²) in [6.45, 7) is 7.58. The first kappa shape index (κ1) is 22.9. The summed E-state index contributed by atoms with van der Waals surface area (Å²) in [6.07, 6.45) is 2.27. The molecule has 0 saturated carbocycles. The molecule has 3 rings (SSSR count). The third-order valence-electron chi connectivity index (χ3n) is 6.12. The van der Waals surface area contributed by atoms with Crippen LogP contribution in [0.15, 0.2) is 48.5 Å². The summed E-state index contributed by atoms with van der Waals surface area (Å²) in [5.41, 5.74) is 2.78. The first-order valence-corrected chi connectivity index (χ1v) is 11.2. The van der Waals surface area contributed by atoms with Crippen molar-refractivity contribution >= 4 is 11.8 Å². The number of ether oxygens (including phenoxy) is 1. The Hall–Kier alpha value is -2.82. The zero-order chi connectivity index (χ0) is 22.4. The van der Waals surface area contributed by atoms with E-state index in [1.54, 1.807) is 7.11 Å². The minimum absolute atomic E-state index is 0.0514. The number of hydrogen-bond donors (Lipinski definition) is 1. The van der Waals surface area contributed by atoms with Crippen molar-refractivity contribution < 1.29 is 14.3 Å². The molecular formula is C26H34N2O3. The van der Waals surface area contributed by atoms with E-state index in [4.69, 9.17) is 4.74 Å². The van der Waals surface area contributed by atoms with Gasteiger partial charge in [-0.2, -0.15) is 0 Å². The lowest BCUT2D eigenvalue weighted by Gasteiger charge is -2.42. The van der Waals surface area contributed by atoms with Gasteiger partial charge in [-0.25, -0.2) is 0 Å². The molecule has 1 saturated heterocycles. The van der Waals surface area contributed by atoms with E-state index in [-0.39, 0.29) is 17.7 Å². The fourth-order valence-electron chi connectivity index (χ4n) is 4.43. The van der Waals surface area contributed by atoms with Gasteiger partial charge in [0.25, 0.3) is 0 Å². The molecule has 5 heteroatoms. The van der Waals surface area contributed by atoms with E-state index >= 15 is 0 Å². The SMILES string of the molecule is CCNC(=O)[C@@]1(Cc2ccc(-c3ccc(OC)cc3)cc2)CCCN(C(=O)C(C)C)C1. The van der Waals surface area contributed by atoms with Crippen LogP contribution in [-0.4, -0.2) is 43.5 Å². The molecule has 2 aromatic carbocycles. The molecule has 0 spiro atoms. The van der Waals surface area contributed by atoms with E-state index in [1.165, 1.54) is 0 Å². The van der Waals surface area contributed by atoms with Crippen molar-refractivity contribution in [3.05, 3.63) is 54.1 Å². The van der Waals surface area contributed by atoms with Gasteiger partial charge in [-0.3, -0.25) is 9.59 Å². The maximum atomic E-state index is 13.2. The van der Waals surface area contributed by atoms with E-state index < -0.39 is 5.41 Å². The number of rotatable bonds is 7. The summed E-state index contributed by atoms with van der Waals surface area (Å²) in [7, 11) is 1.66. The molecule has 5 nitrogen and oxygen atoms in total. The summed E-state index contributed by atoms with van der Waals surface area (Å²) in [6, 6.07) is 16.4. The van der Waals surface area contributed by atoms with Crippen LogP contribution in [0.4, 0.5) is 0 Å². The van der Waals surface area contributed by atoms with Gasteiger partial charge in [0, 0.05) is 25.6 Å². The third-order valence-corrected chi connectivity index (χ3v) is 6.12. The molecule has 1 aliphatic heterocycles. The maximum absolute atomic E-state index is 13.2. The molecule has 1 fully saturated rings. The number of carbonyl (C=O) groups excluding carboxylic acids is 2. The molecule has 0 aromatic heterocycles. The van der Waals surface area contributed by atoms with Crippen molar-refractivity contribution in [1.82, 2.24) is 10.2 Å². The standard InChI is InChI=1S/C26H34N2O3/c1-5-27-25(30)26(15-6-16-28(18-26)24(29)19(2)3)17-20-7-9-21(10-8-20)22-11-13-23(31-4)14-12-22/h7-14,19H,5-6,15-18H2,1-4H3,(H,27,30)/t26-/m1/s1. The van der Waals surface area contributed by atoms with Gasteiger partial charge in [-0.1, -0.05) is 50.2 Å². The fourth-order valence-corrected chi connectivity index (χ4v) is 4.43. The van der Waals surface area contributed by atoms with Crippen LogP contribution in [-0.2, 0) is 16.0 Å². The highest BCUT2D eigenvalue weighted by Crippen LogP contribution is 2.35. The second kappa shape index (κ2) is 9.99. The van der Waals surface area contributed by atoms with Crippen LogP contribution in [0.2, 0.25) is 0 Å². The number of likely N-dealkylation sites (tertiary alicyclic amines) is 1. The van der Waals surface area contributed by atoms with E-state index in [0.29, 0.717) is 19.5 Å². The summed E-state index contributed by atoms with van der Waals surface area (Å²) in [5.74, 6) is 0.953. The lowest BCUT2D eigenvalue weighted by molar-refractivity contribution is -0.143. The topological polar surface area (TPSA) is 58.6 Å². The Morgan fingerprint density at radius 1 is 1.06 bits per heavy atom. The molecule has 1 atom stereocenters. The molecule has 0 aliphatic carbocycles. The molecule has 0 radical (unpaired) electrons. The van der Waals surface area contributed by atoms with Crippen LogP contribution in [0.1, 0.15) is 39.2 Å². The number of carbonyl (C=O) groups is 2. The van der Waals surface area contributed by atoms with E-state index in [9.17, 15) is 9.59 Å². The number of hydrogen-bond acceptors (Lipinski definition) is 3. The number of nitrogens with zero attached hydrogens (tertiary/aromatic N) is 1. The zero-order valence-electron chi connectivity index (χ0n) is 19.1. The van der Waals surface area contributed by atoms with Gasteiger partial charge in [0.15, 0.2) is 0 Å². The summed E-state index contributed by atoms with van der Waals surface area (Å²) >= 11 is 0. The van der Waals surface area contributed by atoms with Crippen LogP contribution in [0.25, 0.3) is 11.1 Å². The van der Waals surface area contributed by atoms with Crippen LogP contribution < -0.4 is 10.1 Å². The van der Waals surface area contributed by atoms with Crippen molar-refractivity contribution in [2.24, 2.45) is 11.3 Å². The molecule has 1 N–H and O–H groups in total. The molecule has 1 heterocycles. The first-order chi connectivity index (χ1) is 14.9. The summed E-state index contributed by atoms with van der Waals surface area (Å²) < 4.78 is 5.24. The molecule has 0 bridgehead atoms. The van der Waals surface area contributed by atoms with Gasteiger partial charge < -0.3 is 15.0 Å². The maximum Gasteiger partial charge on any atom is 0.228 e. The summed E-state index contributed by atoms with van der Waals surface area (Å²) in [4.78, 5) is 27.7. The highest BCUT2D eigenvalue weighted by Gasteiger charge is 2.43. The number of nitrogens with one attached hydrogen (secondary N) is 1. The van der Waals surface area contributed by atoms with Gasteiger partial charge in [0.1, 0.15) is 5.75 Å². The Morgan fingerprint density at radius 3 is 2.23 bits per heavy atom. The van der Waals surface area contributed by atoms with Crippen molar-refractivity contribution in [2.75, 3.05) is 26.7 Å². The molecule has 2 aromatic rings. The molecule has 0 unspecified atom stereocenters. The minimum atomic E-state index is -0.583. The van der Waals surface area contributed by atoms with Crippen molar-refractivity contribution in [3.63, 3.8) is 0 Å². The zero-order valence-corrected chi connectivity index (χ0v) is 19.1. The van der Waals surface area contributed by atoms with Gasteiger partial charge >= 0.3 is 0 Å². The Kier molecular flexibility index (Phi) is 7.37. The second-order valence-electron chi connectivity index (χ2n) is 8.76. The summed E-state index contributed by atoms with van der Waals surface area (Å²) in [5, 5.41) is 3.02. The van der Waals surface area contributed by atoms with Crippen LogP contribution >= 0.6 is 0 Å². The molecular weight excluding hydrogens is 388 g/mol. The Balaban J connectivity index is 1.82. The normalized spacial score (nSPS) is 18.7. The number of piperidine rings is 1. The molecule has 2 amide bonds. The van der Waals surface area contributed by atoms with E-state index in [2.05, 4.69) is 29.6 Å². The Bertz CT molecular complexity index is 890. The predicted octanol–water partition coefficient (Wildman–Crippen LogP) is 4.31. The average molecular weight is 423 g/mol. The smallest absolute Gasteiger partial charge is 0.228 e. The second-order valence-corrected chi connectivity index (χ2v) is 8.76. The average Bonchev–Trinajstić information content (AvgIpc) is 2.79. The minimum Gasteiger partial charge on any atom is -0.497 e. The van der Waals surface area contributed by atoms with Gasteiger partial charge in [-0.15, -0.1) is 0 Å². The lowest BCUT2D eigenvalue weighted by atomic mass is 9.74. The van der Waals surface area contributed by atoms with Crippen LogP contribution in [0, 0.1) is 11.3 Å². The highest BCUT2D eigenvalue weighted by atomic mass is 16.5. The van der Waals surface area contributed by atoms with Crippen LogP contribution in [0.5, 0.6) is 5.75 Å². The Morgan fingerprint density at radius 2 is 1.68 bits per heavy atom. The largest absolute Gasteiger partial charge is 0.497 e. The number of benzene rings is 2. The van der Waals surface area contributed by atoms with E-state index in [0.717, 1.165) is 41.8 Å². The van der Waals surface area contributed by atoms with Crippen molar-refractivity contribution in [2.45, 2.75) is 40.0 Å². The van der Waals surface area contributed by atoms with Crippen LogP contribution in [0.3, 0.4) is 0 Å². The van der Waals surface area contributed by atoms with Crippen molar-refractivity contribution in [1.29, 1.82) is 0 Å².